The molecule has 2 heterocycles. The zero-order valence-electron chi connectivity index (χ0n) is 16.3. The number of likely N-dealkylation sites (tertiary alicyclic amines) is 2. The Balaban J connectivity index is 1.64. The first kappa shape index (κ1) is 19.1. The normalized spacial score (nSPS) is 25.8. The summed E-state index contributed by atoms with van der Waals surface area (Å²) in [5.41, 5.74) is 1.10. The van der Waals surface area contributed by atoms with Gasteiger partial charge in [0.25, 0.3) is 5.91 Å². The minimum absolute atomic E-state index is 0.156. The van der Waals surface area contributed by atoms with Crippen molar-refractivity contribution in [3.8, 4) is 0 Å². The van der Waals surface area contributed by atoms with Crippen molar-refractivity contribution < 1.29 is 14.3 Å². The molecule has 2 aliphatic rings. The third-order valence-electron chi connectivity index (χ3n) is 6.28. The second-order valence-electron chi connectivity index (χ2n) is 8.01. The van der Waals surface area contributed by atoms with Crippen LogP contribution in [0.1, 0.15) is 40.7 Å². The second-order valence-corrected chi connectivity index (χ2v) is 8.01. The van der Waals surface area contributed by atoms with Crippen LogP contribution in [0.15, 0.2) is 48.5 Å². The average Bonchev–Trinajstić information content (AvgIpc) is 3.25. The molecule has 0 saturated carbocycles. The Hall–Kier alpha value is -2.24. The molecule has 28 heavy (non-hydrogen) atoms. The summed E-state index contributed by atoms with van der Waals surface area (Å²) in [4.78, 5) is 17.2. The summed E-state index contributed by atoms with van der Waals surface area (Å²) >= 11 is 0. The Bertz CT molecular complexity index is 851. The fourth-order valence-corrected chi connectivity index (χ4v) is 4.64. The molecular weight excluding hydrogens is 355 g/mol. The van der Waals surface area contributed by atoms with Crippen molar-refractivity contribution in [2.24, 2.45) is 0 Å². The van der Waals surface area contributed by atoms with Gasteiger partial charge in [-0.2, -0.15) is 0 Å². The third kappa shape index (κ3) is 3.45. The number of hydrogen-bond acceptors (Lipinski definition) is 3. The number of rotatable bonds is 3. The first-order valence-corrected chi connectivity index (χ1v) is 10.1. The van der Waals surface area contributed by atoms with Gasteiger partial charge in [-0.3, -0.25) is 9.69 Å². The van der Waals surface area contributed by atoms with Gasteiger partial charge in [-0.15, -0.1) is 0 Å². The number of hydrogen-bond donors (Lipinski definition) is 1. The van der Waals surface area contributed by atoms with Gasteiger partial charge in [-0.1, -0.05) is 36.4 Å². The van der Waals surface area contributed by atoms with Gasteiger partial charge in [0.05, 0.1) is 6.04 Å². The lowest BCUT2D eigenvalue weighted by Gasteiger charge is -2.48. The van der Waals surface area contributed by atoms with E-state index in [0.29, 0.717) is 25.1 Å². The number of halogens is 1. The highest BCUT2D eigenvalue weighted by atomic mass is 19.1. The number of aryl methyl sites for hydroxylation is 1. The number of nitrogens with zero attached hydrogens (tertiary/aromatic N) is 2. The predicted octanol–water partition coefficient (Wildman–Crippen LogP) is 3.33. The molecule has 4 nitrogen and oxygen atoms in total. The number of carbonyl (C=O) groups excluding carboxylic acids is 1. The fraction of sp³-hybridized carbons (Fsp3) is 0.435. The van der Waals surface area contributed by atoms with Gasteiger partial charge in [0.15, 0.2) is 0 Å². The van der Waals surface area contributed by atoms with Crippen LogP contribution in [0.25, 0.3) is 0 Å². The first-order chi connectivity index (χ1) is 13.5. The lowest BCUT2D eigenvalue weighted by molar-refractivity contribution is -0.0878. The van der Waals surface area contributed by atoms with Crippen LogP contribution in [0.4, 0.5) is 4.39 Å². The van der Waals surface area contributed by atoms with Crippen LogP contribution in [-0.2, 0) is 5.60 Å². The van der Waals surface area contributed by atoms with Crippen molar-refractivity contribution in [2.75, 3.05) is 26.2 Å². The fourth-order valence-electron chi connectivity index (χ4n) is 4.64. The standard InChI is InChI=1S/C23H27FN2O2/c1-17-9-10-19(24)15-20(17)22(27)26-14-11-23(28,18-7-3-2-4-8-18)21(16-26)25-12-5-6-13-25/h2-4,7-10,15,21,28H,5-6,11-14,16H2,1H3/t21-,23+/m1/s1. The van der Waals surface area contributed by atoms with Crippen LogP contribution in [0, 0.1) is 12.7 Å². The maximum atomic E-state index is 13.7. The molecule has 2 aromatic rings. The Labute approximate surface area is 165 Å². The zero-order valence-corrected chi connectivity index (χ0v) is 16.3. The summed E-state index contributed by atoms with van der Waals surface area (Å²) in [5.74, 6) is -0.556. The molecule has 5 heteroatoms. The third-order valence-corrected chi connectivity index (χ3v) is 6.28. The van der Waals surface area contributed by atoms with Gasteiger partial charge < -0.3 is 10.0 Å². The largest absolute Gasteiger partial charge is 0.383 e. The van der Waals surface area contributed by atoms with Crippen molar-refractivity contribution in [1.29, 1.82) is 0 Å². The van der Waals surface area contributed by atoms with Crippen molar-refractivity contribution in [1.82, 2.24) is 9.80 Å². The SMILES string of the molecule is Cc1ccc(F)cc1C(=O)N1CC[C@](O)(c2ccccc2)[C@H](N2CCCC2)C1. The molecule has 2 atom stereocenters. The zero-order chi connectivity index (χ0) is 19.7. The van der Waals surface area contributed by atoms with E-state index in [1.807, 2.05) is 37.3 Å². The van der Waals surface area contributed by atoms with Gasteiger partial charge in [0.2, 0.25) is 0 Å². The van der Waals surface area contributed by atoms with Crippen LogP contribution in [0.3, 0.4) is 0 Å². The molecular formula is C23H27FN2O2. The molecule has 0 radical (unpaired) electrons. The van der Waals surface area contributed by atoms with Gasteiger partial charge in [-0.05, 0) is 62.5 Å². The summed E-state index contributed by atoms with van der Waals surface area (Å²) < 4.78 is 13.7. The van der Waals surface area contributed by atoms with Crippen molar-refractivity contribution in [2.45, 2.75) is 37.8 Å². The topological polar surface area (TPSA) is 43.8 Å². The Morgan fingerprint density at radius 2 is 1.82 bits per heavy atom. The van der Waals surface area contributed by atoms with Crippen LogP contribution in [-0.4, -0.2) is 53.0 Å². The van der Waals surface area contributed by atoms with Crippen molar-refractivity contribution >= 4 is 5.91 Å². The Kier molecular flexibility index (Phi) is 5.21. The van der Waals surface area contributed by atoms with Crippen LogP contribution < -0.4 is 0 Å². The minimum Gasteiger partial charge on any atom is -0.383 e. The van der Waals surface area contributed by atoms with E-state index >= 15 is 0 Å². The lowest BCUT2D eigenvalue weighted by atomic mass is 9.79. The molecule has 4 rings (SSSR count). The lowest BCUT2D eigenvalue weighted by Crippen LogP contribution is -2.61. The Morgan fingerprint density at radius 3 is 2.54 bits per heavy atom. The monoisotopic (exact) mass is 382 g/mol. The summed E-state index contributed by atoms with van der Waals surface area (Å²) in [6, 6.07) is 14.0. The molecule has 1 N–H and O–H groups in total. The molecule has 2 aliphatic heterocycles. The number of carbonyl (C=O) groups is 1. The van der Waals surface area contributed by atoms with E-state index in [0.717, 1.165) is 37.1 Å². The summed E-state index contributed by atoms with van der Waals surface area (Å²) in [5, 5.41) is 11.7. The Morgan fingerprint density at radius 1 is 1.11 bits per heavy atom. The number of aliphatic hydroxyl groups is 1. The van der Waals surface area contributed by atoms with Crippen LogP contribution in [0.5, 0.6) is 0 Å². The van der Waals surface area contributed by atoms with Crippen molar-refractivity contribution in [3.63, 3.8) is 0 Å². The highest BCUT2D eigenvalue weighted by molar-refractivity contribution is 5.95. The molecule has 148 valence electrons. The smallest absolute Gasteiger partial charge is 0.254 e. The van der Waals surface area contributed by atoms with Gasteiger partial charge >= 0.3 is 0 Å². The molecule has 0 aliphatic carbocycles. The van der Waals surface area contributed by atoms with Crippen molar-refractivity contribution in [3.05, 3.63) is 71.0 Å². The first-order valence-electron chi connectivity index (χ1n) is 10.1. The van der Waals surface area contributed by atoms with Crippen LogP contribution >= 0.6 is 0 Å². The van der Waals surface area contributed by atoms with E-state index in [-0.39, 0.29) is 11.9 Å². The number of piperidine rings is 1. The molecule has 2 saturated heterocycles. The van der Waals surface area contributed by atoms with Crippen LogP contribution in [0.2, 0.25) is 0 Å². The molecule has 2 fully saturated rings. The molecule has 0 aromatic heterocycles. The van der Waals surface area contributed by atoms with E-state index in [4.69, 9.17) is 0 Å². The summed E-state index contributed by atoms with van der Waals surface area (Å²) in [7, 11) is 0. The quantitative estimate of drug-likeness (QED) is 0.886. The molecule has 0 bridgehead atoms. The predicted molar refractivity (Wildman–Crippen MR) is 107 cm³/mol. The summed E-state index contributed by atoms with van der Waals surface area (Å²) in [6.45, 7) is 4.58. The minimum atomic E-state index is -0.987. The maximum Gasteiger partial charge on any atom is 0.254 e. The number of benzene rings is 2. The second kappa shape index (κ2) is 7.64. The summed E-state index contributed by atoms with van der Waals surface area (Å²) in [6.07, 6.45) is 2.69. The molecule has 0 spiro atoms. The maximum absolute atomic E-state index is 13.7. The van der Waals surface area contributed by atoms with E-state index < -0.39 is 11.4 Å². The number of amides is 1. The average molecular weight is 382 g/mol. The molecule has 1 amide bonds. The van der Waals surface area contributed by atoms with E-state index in [9.17, 15) is 14.3 Å². The highest BCUT2D eigenvalue weighted by Gasteiger charge is 2.47. The molecule has 0 unspecified atom stereocenters. The van der Waals surface area contributed by atoms with Gasteiger partial charge in [0.1, 0.15) is 11.4 Å². The molecule has 2 aromatic carbocycles. The van der Waals surface area contributed by atoms with E-state index in [1.54, 1.807) is 11.0 Å². The van der Waals surface area contributed by atoms with Gasteiger partial charge in [-0.25, -0.2) is 4.39 Å². The van der Waals surface area contributed by atoms with Gasteiger partial charge in [0, 0.05) is 18.7 Å². The van der Waals surface area contributed by atoms with E-state index in [2.05, 4.69) is 4.90 Å². The van der Waals surface area contributed by atoms with E-state index in [1.165, 1.54) is 12.1 Å². The highest BCUT2D eigenvalue weighted by Crippen LogP contribution is 2.37.